The second kappa shape index (κ2) is 6.88. The molecule has 2 aromatic carbocycles. The second-order valence-electron chi connectivity index (χ2n) is 7.51. The van der Waals surface area contributed by atoms with E-state index in [1.807, 2.05) is 53.2 Å². The molecule has 0 saturated heterocycles. The predicted molar refractivity (Wildman–Crippen MR) is 111 cm³/mol. The summed E-state index contributed by atoms with van der Waals surface area (Å²) in [6, 6.07) is 15.6. The fourth-order valence-electron chi connectivity index (χ4n) is 4.16. The van der Waals surface area contributed by atoms with Crippen molar-refractivity contribution >= 4 is 11.7 Å². The first-order valence-electron chi connectivity index (χ1n) is 9.85. The molecule has 0 radical (unpaired) electrons. The number of ketones is 1. The number of hydrogen-bond donors (Lipinski definition) is 1. The van der Waals surface area contributed by atoms with E-state index in [1.54, 1.807) is 7.11 Å². The van der Waals surface area contributed by atoms with Gasteiger partial charge in [0.15, 0.2) is 11.6 Å². The maximum Gasteiger partial charge on any atom is 0.226 e. The number of nitrogens with zero attached hydrogens (tertiary/aromatic N) is 3. The number of methoxy groups -OCH3 is 1. The van der Waals surface area contributed by atoms with Gasteiger partial charge in [-0.25, -0.2) is 4.68 Å². The van der Waals surface area contributed by atoms with Gasteiger partial charge in [-0.2, -0.15) is 4.98 Å². The summed E-state index contributed by atoms with van der Waals surface area (Å²) < 4.78 is 7.45. The van der Waals surface area contributed by atoms with E-state index in [1.165, 1.54) is 5.56 Å². The molecule has 0 spiro atoms. The lowest BCUT2D eigenvalue weighted by Gasteiger charge is -2.32. The Bertz CT molecular complexity index is 1130. The largest absolute Gasteiger partial charge is 0.496 e. The molecule has 29 heavy (non-hydrogen) atoms. The fraction of sp³-hybridized carbons (Fsp3) is 0.261. The van der Waals surface area contributed by atoms with Gasteiger partial charge >= 0.3 is 0 Å². The van der Waals surface area contributed by atoms with E-state index < -0.39 is 0 Å². The van der Waals surface area contributed by atoms with Crippen LogP contribution in [-0.2, 0) is 4.79 Å². The highest BCUT2D eigenvalue weighted by Crippen LogP contribution is 2.43. The van der Waals surface area contributed by atoms with Crippen LogP contribution in [0.2, 0.25) is 0 Å². The van der Waals surface area contributed by atoms with Gasteiger partial charge in [-0.05, 0) is 25.8 Å². The number of fused-ring (bicyclic) bond motifs is 1. The molecule has 1 aliphatic heterocycles. The van der Waals surface area contributed by atoms with Crippen molar-refractivity contribution in [2.75, 3.05) is 12.4 Å². The monoisotopic (exact) mass is 386 g/mol. The Hall–Kier alpha value is -3.41. The third kappa shape index (κ3) is 2.92. The molecule has 146 valence electrons. The summed E-state index contributed by atoms with van der Waals surface area (Å²) in [7, 11) is 1.65. The summed E-state index contributed by atoms with van der Waals surface area (Å²) in [5, 5.41) is 8.19. The number of Topliss-reactive ketones (excluding diaryl/α,β-unsaturated/α-hetero) is 1. The van der Waals surface area contributed by atoms with Crippen molar-refractivity contribution in [3.05, 3.63) is 70.9 Å². The van der Waals surface area contributed by atoms with Crippen molar-refractivity contribution in [3.63, 3.8) is 0 Å². The van der Waals surface area contributed by atoms with E-state index >= 15 is 0 Å². The summed E-state index contributed by atoms with van der Waals surface area (Å²) >= 11 is 0. The summed E-state index contributed by atoms with van der Waals surface area (Å²) in [4.78, 5) is 17.7. The summed E-state index contributed by atoms with van der Waals surface area (Å²) in [5.41, 5.74) is 4.77. The molecule has 6 nitrogen and oxygen atoms in total. The number of hydrogen-bond acceptors (Lipinski definition) is 5. The lowest BCUT2D eigenvalue weighted by Crippen LogP contribution is -2.31. The molecule has 3 aromatic rings. The van der Waals surface area contributed by atoms with Crippen LogP contribution in [0.5, 0.6) is 5.75 Å². The average molecular weight is 386 g/mol. The second-order valence-corrected chi connectivity index (χ2v) is 7.51. The predicted octanol–water partition coefficient (Wildman–Crippen LogP) is 4.28. The van der Waals surface area contributed by atoms with Crippen LogP contribution in [0.25, 0.3) is 11.4 Å². The molecule has 0 amide bonds. The fourth-order valence-corrected chi connectivity index (χ4v) is 4.16. The number of anilines is 1. The molecule has 1 aliphatic carbocycles. The molecule has 0 saturated carbocycles. The minimum absolute atomic E-state index is 0.160. The molecule has 2 aliphatic rings. The average Bonchev–Trinajstić information content (AvgIpc) is 3.16. The van der Waals surface area contributed by atoms with Gasteiger partial charge in [0.05, 0.1) is 7.11 Å². The van der Waals surface area contributed by atoms with Crippen LogP contribution >= 0.6 is 0 Å². The first kappa shape index (κ1) is 17.7. The number of carbonyl (C=O) groups is 1. The lowest BCUT2D eigenvalue weighted by atomic mass is 9.85. The molecule has 0 bridgehead atoms. The van der Waals surface area contributed by atoms with Gasteiger partial charge in [-0.15, -0.1) is 5.10 Å². The molecular formula is C23H22N4O2. The minimum Gasteiger partial charge on any atom is -0.496 e. The maximum atomic E-state index is 12.9. The van der Waals surface area contributed by atoms with Crippen LogP contribution in [0.3, 0.4) is 0 Å². The first-order chi connectivity index (χ1) is 14.2. The van der Waals surface area contributed by atoms with Crippen molar-refractivity contribution < 1.29 is 9.53 Å². The molecular weight excluding hydrogens is 364 g/mol. The molecule has 6 heteroatoms. The van der Waals surface area contributed by atoms with E-state index in [-0.39, 0.29) is 11.8 Å². The zero-order chi connectivity index (χ0) is 20.0. The SMILES string of the molecule is COc1ccccc1[C@@H]1C2=C(CCCC2=O)Nc2nc(-c3ccc(C)cc3)nn21. The van der Waals surface area contributed by atoms with Crippen LogP contribution in [0.15, 0.2) is 59.8 Å². The number of aryl methyl sites for hydroxylation is 1. The van der Waals surface area contributed by atoms with Crippen molar-refractivity contribution in [2.24, 2.45) is 0 Å². The Balaban J connectivity index is 1.70. The standard InChI is InChI=1S/C23H22N4O2/c1-14-10-12-15(13-11-14)22-25-23-24-17-7-5-8-18(28)20(17)21(27(23)26-22)16-6-3-4-9-19(16)29-2/h3-4,6,9-13,21H,5,7-8H2,1-2H3,(H,24,25,26)/t21-/m1/s1. The Morgan fingerprint density at radius 2 is 1.90 bits per heavy atom. The van der Waals surface area contributed by atoms with E-state index in [2.05, 4.69) is 12.2 Å². The van der Waals surface area contributed by atoms with Crippen molar-refractivity contribution in [2.45, 2.75) is 32.2 Å². The maximum absolute atomic E-state index is 12.9. The Morgan fingerprint density at radius 3 is 2.69 bits per heavy atom. The topological polar surface area (TPSA) is 69.0 Å². The Morgan fingerprint density at radius 1 is 1.10 bits per heavy atom. The van der Waals surface area contributed by atoms with Crippen LogP contribution in [-0.4, -0.2) is 27.7 Å². The third-order valence-corrected chi connectivity index (χ3v) is 5.61. The summed E-state index contributed by atoms with van der Waals surface area (Å²) in [6.45, 7) is 2.05. The number of aromatic nitrogens is 3. The van der Waals surface area contributed by atoms with Crippen molar-refractivity contribution in [3.8, 4) is 17.1 Å². The normalized spacial score (nSPS) is 18.1. The van der Waals surface area contributed by atoms with Gasteiger partial charge in [-0.3, -0.25) is 4.79 Å². The number of allylic oxidation sites excluding steroid dienone is 2. The number of benzene rings is 2. The highest BCUT2D eigenvalue weighted by Gasteiger charge is 2.38. The van der Waals surface area contributed by atoms with E-state index in [0.717, 1.165) is 41.0 Å². The van der Waals surface area contributed by atoms with Crippen LogP contribution in [0.4, 0.5) is 5.95 Å². The summed E-state index contributed by atoms with van der Waals surface area (Å²) in [5.74, 6) is 2.19. The number of nitrogens with one attached hydrogen (secondary N) is 1. The number of ether oxygens (including phenoxy) is 1. The molecule has 1 atom stereocenters. The molecule has 0 fully saturated rings. The summed E-state index contributed by atoms with van der Waals surface area (Å²) in [6.07, 6.45) is 2.24. The first-order valence-corrected chi connectivity index (χ1v) is 9.85. The van der Waals surface area contributed by atoms with E-state index in [0.29, 0.717) is 18.2 Å². The Kier molecular flexibility index (Phi) is 4.19. The smallest absolute Gasteiger partial charge is 0.226 e. The van der Waals surface area contributed by atoms with Crippen LogP contribution in [0, 0.1) is 6.92 Å². The van der Waals surface area contributed by atoms with E-state index in [4.69, 9.17) is 14.8 Å². The zero-order valence-electron chi connectivity index (χ0n) is 16.5. The van der Waals surface area contributed by atoms with Gasteiger partial charge in [0, 0.05) is 28.8 Å². The molecule has 0 unspecified atom stereocenters. The van der Waals surface area contributed by atoms with Gasteiger partial charge in [0.1, 0.15) is 11.8 Å². The number of para-hydroxylation sites is 1. The van der Waals surface area contributed by atoms with Crippen LogP contribution in [0.1, 0.15) is 36.4 Å². The number of rotatable bonds is 3. The molecule has 2 heterocycles. The van der Waals surface area contributed by atoms with Gasteiger partial charge in [0.25, 0.3) is 0 Å². The van der Waals surface area contributed by atoms with Crippen LogP contribution < -0.4 is 10.1 Å². The van der Waals surface area contributed by atoms with Crippen molar-refractivity contribution in [1.29, 1.82) is 0 Å². The van der Waals surface area contributed by atoms with E-state index in [9.17, 15) is 4.79 Å². The molecule has 5 rings (SSSR count). The van der Waals surface area contributed by atoms with Gasteiger partial charge in [0.2, 0.25) is 5.95 Å². The highest BCUT2D eigenvalue weighted by molar-refractivity contribution is 5.99. The molecule has 1 aromatic heterocycles. The molecule has 1 N–H and O–H groups in total. The Labute approximate surface area is 169 Å². The lowest BCUT2D eigenvalue weighted by molar-refractivity contribution is -0.116. The zero-order valence-corrected chi connectivity index (χ0v) is 16.5. The quantitative estimate of drug-likeness (QED) is 0.727. The third-order valence-electron chi connectivity index (χ3n) is 5.61. The van der Waals surface area contributed by atoms with Crippen molar-refractivity contribution in [1.82, 2.24) is 14.8 Å². The van der Waals surface area contributed by atoms with Gasteiger partial charge in [-0.1, -0.05) is 48.0 Å². The number of carbonyl (C=O) groups excluding carboxylic acids is 1. The minimum atomic E-state index is -0.350. The van der Waals surface area contributed by atoms with Gasteiger partial charge < -0.3 is 10.1 Å². The highest BCUT2D eigenvalue weighted by atomic mass is 16.5.